The van der Waals surface area contributed by atoms with Crippen molar-refractivity contribution in [1.82, 2.24) is 14.9 Å². The Morgan fingerprint density at radius 3 is 2.57 bits per heavy atom. The van der Waals surface area contributed by atoms with Crippen LogP contribution in [0.15, 0.2) is 60.9 Å². The van der Waals surface area contributed by atoms with Crippen LogP contribution in [0, 0.1) is 11.6 Å². The summed E-state index contributed by atoms with van der Waals surface area (Å²) in [5.41, 5.74) is 2.55. The Labute approximate surface area is 161 Å². The molecule has 0 bridgehead atoms. The van der Waals surface area contributed by atoms with E-state index in [1.165, 1.54) is 36.4 Å². The molecule has 1 fully saturated rings. The van der Waals surface area contributed by atoms with Gasteiger partial charge < -0.3 is 4.90 Å². The van der Waals surface area contributed by atoms with Gasteiger partial charge in [0.1, 0.15) is 11.6 Å². The standard InChI is InChI=1S/C22H19F2N3O/c23-18-8-6-15(7-9-18)22(28)27-12-2-4-17(14-27)21-20(25-10-11-26-21)16-3-1-5-19(24)13-16/h1,3,5-11,13,17H,2,4,12,14H2/t17-/m1/s1. The molecular formula is C22H19F2N3O. The first kappa shape index (κ1) is 18.2. The lowest BCUT2D eigenvalue weighted by Gasteiger charge is -2.33. The van der Waals surface area contributed by atoms with Crippen molar-refractivity contribution in [3.05, 3.63) is 83.8 Å². The molecule has 0 N–H and O–H groups in total. The highest BCUT2D eigenvalue weighted by Gasteiger charge is 2.28. The normalized spacial score (nSPS) is 16.8. The number of hydrogen-bond acceptors (Lipinski definition) is 3. The van der Waals surface area contributed by atoms with Gasteiger partial charge in [-0.2, -0.15) is 0 Å². The van der Waals surface area contributed by atoms with Gasteiger partial charge in [0.15, 0.2) is 0 Å². The van der Waals surface area contributed by atoms with Crippen LogP contribution >= 0.6 is 0 Å². The average molecular weight is 379 g/mol. The van der Waals surface area contributed by atoms with Gasteiger partial charge in [0.05, 0.1) is 11.4 Å². The van der Waals surface area contributed by atoms with Crippen molar-refractivity contribution in [2.24, 2.45) is 0 Å². The number of aromatic nitrogens is 2. The third-order valence-corrected chi connectivity index (χ3v) is 5.01. The summed E-state index contributed by atoms with van der Waals surface area (Å²) in [7, 11) is 0. The number of amides is 1. The second-order valence-corrected chi connectivity index (χ2v) is 6.90. The van der Waals surface area contributed by atoms with Crippen LogP contribution in [0.5, 0.6) is 0 Å². The quantitative estimate of drug-likeness (QED) is 0.676. The summed E-state index contributed by atoms with van der Waals surface area (Å²) >= 11 is 0. The molecule has 1 aliphatic heterocycles. The van der Waals surface area contributed by atoms with E-state index in [4.69, 9.17) is 0 Å². The first-order valence-electron chi connectivity index (χ1n) is 9.23. The highest BCUT2D eigenvalue weighted by Crippen LogP contribution is 2.32. The van der Waals surface area contributed by atoms with Crippen LogP contribution in [-0.4, -0.2) is 33.9 Å². The number of carbonyl (C=O) groups is 1. The van der Waals surface area contributed by atoms with E-state index >= 15 is 0 Å². The highest BCUT2D eigenvalue weighted by atomic mass is 19.1. The molecule has 6 heteroatoms. The van der Waals surface area contributed by atoms with Crippen LogP contribution in [-0.2, 0) is 0 Å². The lowest BCUT2D eigenvalue weighted by Crippen LogP contribution is -2.39. The van der Waals surface area contributed by atoms with Crippen molar-refractivity contribution in [3.8, 4) is 11.3 Å². The van der Waals surface area contributed by atoms with E-state index < -0.39 is 0 Å². The molecule has 0 spiro atoms. The minimum absolute atomic E-state index is 0.00474. The number of piperidine rings is 1. The van der Waals surface area contributed by atoms with Crippen LogP contribution in [0.4, 0.5) is 8.78 Å². The second-order valence-electron chi connectivity index (χ2n) is 6.90. The zero-order chi connectivity index (χ0) is 19.5. The topological polar surface area (TPSA) is 46.1 Å². The predicted molar refractivity (Wildman–Crippen MR) is 102 cm³/mol. The zero-order valence-corrected chi connectivity index (χ0v) is 15.2. The molecule has 4 nitrogen and oxygen atoms in total. The number of benzene rings is 2. The van der Waals surface area contributed by atoms with Crippen molar-refractivity contribution >= 4 is 5.91 Å². The Morgan fingerprint density at radius 2 is 1.79 bits per heavy atom. The summed E-state index contributed by atoms with van der Waals surface area (Å²) in [5, 5.41) is 0. The molecule has 142 valence electrons. The SMILES string of the molecule is O=C(c1ccc(F)cc1)N1CCC[C@@H](c2nccnc2-c2cccc(F)c2)C1. The molecule has 4 rings (SSSR count). The third-order valence-electron chi connectivity index (χ3n) is 5.01. The molecule has 0 radical (unpaired) electrons. The van der Waals surface area contributed by atoms with Crippen LogP contribution in [0.1, 0.15) is 34.8 Å². The summed E-state index contributed by atoms with van der Waals surface area (Å²) in [6, 6.07) is 11.9. The first-order valence-corrected chi connectivity index (χ1v) is 9.23. The lowest BCUT2D eigenvalue weighted by molar-refractivity contribution is 0.0706. The molecule has 1 aliphatic rings. The van der Waals surface area contributed by atoms with Gasteiger partial charge in [0.2, 0.25) is 0 Å². The molecule has 28 heavy (non-hydrogen) atoms. The number of halogens is 2. The molecule has 0 aliphatic carbocycles. The Balaban J connectivity index is 1.60. The van der Waals surface area contributed by atoms with E-state index in [0.29, 0.717) is 29.9 Å². The summed E-state index contributed by atoms with van der Waals surface area (Å²) in [6.45, 7) is 1.14. The summed E-state index contributed by atoms with van der Waals surface area (Å²) in [4.78, 5) is 23.5. The van der Waals surface area contributed by atoms with Gasteiger partial charge in [0, 0.05) is 42.5 Å². The van der Waals surface area contributed by atoms with Gasteiger partial charge in [-0.15, -0.1) is 0 Å². The maximum atomic E-state index is 13.7. The van der Waals surface area contributed by atoms with Crippen molar-refractivity contribution in [3.63, 3.8) is 0 Å². The minimum atomic E-state index is -0.368. The fourth-order valence-corrected chi connectivity index (χ4v) is 3.67. The van der Waals surface area contributed by atoms with Gasteiger partial charge in [-0.1, -0.05) is 12.1 Å². The molecule has 0 unspecified atom stereocenters. The molecule has 1 saturated heterocycles. The molecular weight excluding hydrogens is 360 g/mol. The molecule has 2 heterocycles. The molecule has 3 aromatic rings. The van der Waals surface area contributed by atoms with Gasteiger partial charge in [-0.25, -0.2) is 8.78 Å². The molecule has 2 aromatic carbocycles. The van der Waals surface area contributed by atoms with Crippen molar-refractivity contribution < 1.29 is 13.6 Å². The van der Waals surface area contributed by atoms with E-state index in [9.17, 15) is 13.6 Å². The summed E-state index contributed by atoms with van der Waals surface area (Å²) in [6.07, 6.45) is 4.91. The molecule has 1 atom stereocenters. The van der Waals surface area contributed by atoms with Gasteiger partial charge >= 0.3 is 0 Å². The third kappa shape index (κ3) is 3.76. The van der Waals surface area contributed by atoms with Crippen LogP contribution in [0.25, 0.3) is 11.3 Å². The second kappa shape index (κ2) is 7.84. The average Bonchev–Trinajstić information content (AvgIpc) is 2.74. The van der Waals surface area contributed by atoms with E-state index in [1.54, 1.807) is 29.4 Å². The van der Waals surface area contributed by atoms with Crippen molar-refractivity contribution in [2.45, 2.75) is 18.8 Å². The molecule has 0 saturated carbocycles. The highest BCUT2D eigenvalue weighted by molar-refractivity contribution is 5.94. The van der Waals surface area contributed by atoms with Crippen LogP contribution in [0.2, 0.25) is 0 Å². The van der Waals surface area contributed by atoms with Crippen LogP contribution < -0.4 is 0 Å². The van der Waals surface area contributed by atoms with E-state index in [-0.39, 0.29) is 23.5 Å². The van der Waals surface area contributed by atoms with E-state index in [1.807, 2.05) is 0 Å². The monoisotopic (exact) mass is 379 g/mol. The number of rotatable bonds is 3. The fourth-order valence-electron chi connectivity index (χ4n) is 3.67. The number of carbonyl (C=O) groups excluding carboxylic acids is 1. The van der Waals surface area contributed by atoms with E-state index in [2.05, 4.69) is 9.97 Å². The smallest absolute Gasteiger partial charge is 0.253 e. The van der Waals surface area contributed by atoms with Gasteiger partial charge in [-0.3, -0.25) is 14.8 Å². The van der Waals surface area contributed by atoms with E-state index in [0.717, 1.165) is 18.5 Å². The zero-order valence-electron chi connectivity index (χ0n) is 15.2. The molecule has 1 aromatic heterocycles. The Bertz CT molecular complexity index is 991. The van der Waals surface area contributed by atoms with Crippen molar-refractivity contribution in [2.75, 3.05) is 13.1 Å². The Kier molecular flexibility index (Phi) is 5.10. The first-order chi connectivity index (χ1) is 13.6. The summed E-state index contributed by atoms with van der Waals surface area (Å²) in [5.74, 6) is -0.816. The fraction of sp³-hybridized carbons (Fsp3) is 0.227. The van der Waals surface area contributed by atoms with Gasteiger partial charge in [0.25, 0.3) is 5.91 Å². The Morgan fingerprint density at radius 1 is 1.00 bits per heavy atom. The summed E-state index contributed by atoms with van der Waals surface area (Å²) < 4.78 is 26.8. The predicted octanol–water partition coefficient (Wildman–Crippen LogP) is 4.44. The Hall–Kier alpha value is -3.15. The van der Waals surface area contributed by atoms with Gasteiger partial charge in [-0.05, 0) is 49.2 Å². The number of nitrogens with zero attached hydrogens (tertiary/aromatic N) is 3. The largest absolute Gasteiger partial charge is 0.338 e. The van der Waals surface area contributed by atoms with Crippen LogP contribution in [0.3, 0.4) is 0 Å². The minimum Gasteiger partial charge on any atom is -0.338 e. The number of hydrogen-bond donors (Lipinski definition) is 0. The lowest BCUT2D eigenvalue weighted by atomic mass is 9.91. The maximum Gasteiger partial charge on any atom is 0.253 e. The van der Waals surface area contributed by atoms with Crippen molar-refractivity contribution in [1.29, 1.82) is 0 Å². The maximum absolute atomic E-state index is 13.7. The number of likely N-dealkylation sites (tertiary alicyclic amines) is 1. The molecule has 1 amide bonds.